The zero-order valence-corrected chi connectivity index (χ0v) is 15.6. The van der Waals surface area contributed by atoms with Gasteiger partial charge in [-0.25, -0.2) is 4.98 Å². The normalized spacial score (nSPS) is 22.9. The number of pyridine rings is 1. The average Bonchev–Trinajstić information content (AvgIpc) is 2.88. The van der Waals surface area contributed by atoms with Crippen molar-refractivity contribution in [2.24, 2.45) is 0 Å². The van der Waals surface area contributed by atoms with Crippen LogP contribution in [0.4, 0.5) is 0 Å². The number of rotatable bonds is 2. The van der Waals surface area contributed by atoms with Crippen LogP contribution in [0.15, 0.2) is 24.3 Å². The predicted molar refractivity (Wildman–Crippen MR) is 101 cm³/mol. The molecule has 4 nitrogen and oxygen atoms in total. The molecule has 1 saturated carbocycles. The number of halogens is 1. The summed E-state index contributed by atoms with van der Waals surface area (Å²) >= 11 is 6.56. The molecule has 1 aliphatic heterocycles. The summed E-state index contributed by atoms with van der Waals surface area (Å²) in [7, 11) is 0. The summed E-state index contributed by atoms with van der Waals surface area (Å²) in [5.74, 6) is 0.222. The lowest BCUT2D eigenvalue weighted by Crippen LogP contribution is -2.48. The van der Waals surface area contributed by atoms with Crippen LogP contribution in [0.2, 0.25) is 5.15 Å². The van der Waals surface area contributed by atoms with E-state index in [1.54, 1.807) is 0 Å². The fourth-order valence-corrected chi connectivity index (χ4v) is 4.65. The molecule has 1 N–H and O–H groups in total. The molecule has 2 fully saturated rings. The maximum Gasteiger partial charge on any atom is 0.244 e. The van der Waals surface area contributed by atoms with Crippen LogP contribution in [0, 0.1) is 6.92 Å². The monoisotopic (exact) mass is 357 g/mol. The first-order valence-electron chi connectivity index (χ1n) is 9.20. The maximum absolute atomic E-state index is 13.1. The largest absolute Gasteiger partial charge is 0.321 e. The van der Waals surface area contributed by atoms with E-state index in [2.05, 4.69) is 22.4 Å². The van der Waals surface area contributed by atoms with Crippen LogP contribution >= 0.6 is 11.6 Å². The quantitative estimate of drug-likeness (QED) is 0.813. The minimum Gasteiger partial charge on any atom is -0.321 e. The number of aryl methyl sites for hydroxylation is 1. The highest BCUT2D eigenvalue weighted by molar-refractivity contribution is 6.30. The molecule has 132 valence electrons. The van der Waals surface area contributed by atoms with E-state index in [-0.39, 0.29) is 12.1 Å². The molecule has 1 spiro atoms. The number of nitrogens with one attached hydrogen (secondary N) is 1. The lowest BCUT2D eigenvalue weighted by Gasteiger charge is -2.31. The van der Waals surface area contributed by atoms with E-state index in [0.29, 0.717) is 11.7 Å². The predicted octanol–water partition coefficient (Wildman–Crippen LogP) is 4.35. The van der Waals surface area contributed by atoms with E-state index in [0.717, 1.165) is 47.7 Å². The highest BCUT2D eigenvalue weighted by Crippen LogP contribution is 2.41. The van der Waals surface area contributed by atoms with Gasteiger partial charge in [-0.1, -0.05) is 49.1 Å². The van der Waals surface area contributed by atoms with Gasteiger partial charge >= 0.3 is 0 Å². The number of likely N-dealkylation sites (N-methyl/N-ethyl adjacent to an activating group) is 1. The standard InChI is InChI=1S/C20H24ClN3O/c1-3-24-18(23-20(19(24)25)10-5-4-6-11-20)15-12-14-9-7-8-13(2)16(14)22-17(15)21/h7-9,12,18,23H,3-6,10-11H2,1-2H3/t18-/m0/s1. The first-order chi connectivity index (χ1) is 12.1. The molecule has 1 amide bonds. The van der Waals surface area contributed by atoms with Crippen LogP contribution in [0.3, 0.4) is 0 Å². The van der Waals surface area contributed by atoms with Gasteiger partial charge in [-0.3, -0.25) is 10.1 Å². The first-order valence-corrected chi connectivity index (χ1v) is 9.58. The number of nitrogens with zero attached hydrogens (tertiary/aromatic N) is 2. The molecule has 1 aliphatic carbocycles. The van der Waals surface area contributed by atoms with E-state index >= 15 is 0 Å². The Morgan fingerprint density at radius 1 is 1.32 bits per heavy atom. The smallest absolute Gasteiger partial charge is 0.244 e. The second-order valence-corrected chi connectivity index (χ2v) is 7.65. The number of aromatic nitrogens is 1. The molecule has 2 aliphatic rings. The minimum absolute atomic E-state index is 0.194. The summed E-state index contributed by atoms with van der Waals surface area (Å²) in [6.07, 6.45) is 5.05. The highest BCUT2D eigenvalue weighted by Gasteiger charge is 2.51. The van der Waals surface area contributed by atoms with E-state index in [9.17, 15) is 4.79 Å². The molecule has 0 radical (unpaired) electrons. The van der Waals surface area contributed by atoms with Crippen molar-refractivity contribution in [3.63, 3.8) is 0 Å². The summed E-state index contributed by atoms with van der Waals surface area (Å²) in [6.45, 7) is 4.74. The fraction of sp³-hybridized carbons (Fsp3) is 0.500. The molecule has 0 unspecified atom stereocenters. The van der Waals surface area contributed by atoms with Gasteiger partial charge in [0.25, 0.3) is 0 Å². The Bertz CT molecular complexity index is 829. The summed E-state index contributed by atoms with van der Waals surface area (Å²) < 4.78 is 0. The zero-order valence-electron chi connectivity index (χ0n) is 14.8. The van der Waals surface area contributed by atoms with Gasteiger partial charge in [0.05, 0.1) is 11.1 Å². The number of carbonyl (C=O) groups is 1. The van der Waals surface area contributed by atoms with Crippen LogP contribution in [-0.4, -0.2) is 27.9 Å². The minimum atomic E-state index is -0.413. The molecule has 5 heteroatoms. The van der Waals surface area contributed by atoms with Crippen molar-refractivity contribution in [1.29, 1.82) is 0 Å². The highest BCUT2D eigenvalue weighted by atomic mass is 35.5. The molecule has 0 bridgehead atoms. The SMILES string of the molecule is CCN1C(=O)C2(CCCCC2)N[C@@H]1c1cc2cccc(C)c2nc1Cl. The van der Waals surface area contributed by atoms with E-state index < -0.39 is 5.54 Å². The number of fused-ring (bicyclic) bond motifs is 1. The van der Waals surface area contributed by atoms with Crippen LogP contribution < -0.4 is 5.32 Å². The Kier molecular flexibility index (Phi) is 4.20. The lowest BCUT2D eigenvalue weighted by molar-refractivity contribution is -0.134. The van der Waals surface area contributed by atoms with Gasteiger partial charge in [0.2, 0.25) is 5.91 Å². The number of benzene rings is 1. The summed E-state index contributed by atoms with van der Waals surface area (Å²) in [5.41, 5.74) is 2.52. The maximum atomic E-state index is 13.1. The second kappa shape index (κ2) is 6.26. The second-order valence-electron chi connectivity index (χ2n) is 7.30. The molecule has 1 aromatic heterocycles. The molecule has 1 atom stereocenters. The van der Waals surface area contributed by atoms with Crippen molar-refractivity contribution >= 4 is 28.4 Å². The van der Waals surface area contributed by atoms with E-state index in [1.165, 1.54) is 6.42 Å². The van der Waals surface area contributed by atoms with Gasteiger partial charge < -0.3 is 4.90 Å². The zero-order chi connectivity index (χ0) is 17.6. The molecule has 1 aromatic carbocycles. The summed E-state index contributed by atoms with van der Waals surface area (Å²) in [5, 5.41) is 5.19. The average molecular weight is 358 g/mol. The van der Waals surface area contributed by atoms with E-state index in [1.807, 2.05) is 30.9 Å². The number of carbonyl (C=O) groups excluding carboxylic acids is 1. The molecule has 4 rings (SSSR count). The van der Waals surface area contributed by atoms with Gasteiger partial charge in [0.15, 0.2) is 0 Å². The molecule has 2 heterocycles. The van der Waals surface area contributed by atoms with Crippen molar-refractivity contribution in [1.82, 2.24) is 15.2 Å². The van der Waals surface area contributed by atoms with Crippen molar-refractivity contribution < 1.29 is 4.79 Å². The van der Waals surface area contributed by atoms with Gasteiger partial charge in [-0.2, -0.15) is 0 Å². The van der Waals surface area contributed by atoms with Crippen molar-refractivity contribution in [2.75, 3.05) is 6.54 Å². The molecule has 25 heavy (non-hydrogen) atoms. The number of hydrogen-bond acceptors (Lipinski definition) is 3. The third-order valence-electron chi connectivity index (χ3n) is 5.77. The van der Waals surface area contributed by atoms with E-state index in [4.69, 9.17) is 11.6 Å². The van der Waals surface area contributed by atoms with Gasteiger partial charge in [-0.15, -0.1) is 0 Å². The number of para-hydroxylation sites is 1. The Labute approximate surface area is 153 Å². The summed E-state index contributed by atoms with van der Waals surface area (Å²) in [4.78, 5) is 19.7. The Morgan fingerprint density at radius 3 is 2.80 bits per heavy atom. The first kappa shape index (κ1) is 16.8. The van der Waals surface area contributed by atoms with Gasteiger partial charge in [0.1, 0.15) is 11.3 Å². The third-order valence-corrected chi connectivity index (χ3v) is 6.07. The number of amides is 1. The van der Waals surface area contributed by atoms with Gasteiger partial charge in [-0.05, 0) is 38.3 Å². The Hall–Kier alpha value is -1.65. The van der Waals surface area contributed by atoms with Crippen molar-refractivity contribution in [3.05, 3.63) is 40.5 Å². The number of hydrogen-bond donors (Lipinski definition) is 1. The Morgan fingerprint density at radius 2 is 2.08 bits per heavy atom. The Balaban J connectivity index is 1.79. The van der Waals surface area contributed by atoms with Crippen LogP contribution in [0.25, 0.3) is 10.9 Å². The van der Waals surface area contributed by atoms with Crippen LogP contribution in [0.5, 0.6) is 0 Å². The van der Waals surface area contributed by atoms with Gasteiger partial charge in [0, 0.05) is 17.5 Å². The lowest BCUT2D eigenvalue weighted by atomic mass is 9.81. The van der Waals surface area contributed by atoms with Crippen LogP contribution in [-0.2, 0) is 4.79 Å². The topological polar surface area (TPSA) is 45.2 Å². The molecule has 2 aromatic rings. The third kappa shape index (κ3) is 2.63. The molecule has 1 saturated heterocycles. The summed E-state index contributed by atoms with van der Waals surface area (Å²) in [6, 6.07) is 8.22. The van der Waals surface area contributed by atoms with Crippen molar-refractivity contribution in [2.45, 2.75) is 57.7 Å². The molecular weight excluding hydrogens is 334 g/mol. The van der Waals surface area contributed by atoms with Crippen LogP contribution in [0.1, 0.15) is 56.3 Å². The fourth-order valence-electron chi connectivity index (χ4n) is 4.41. The van der Waals surface area contributed by atoms with Crippen molar-refractivity contribution in [3.8, 4) is 0 Å². The molecular formula is C20H24ClN3O.